The van der Waals surface area contributed by atoms with Crippen LogP contribution in [0.2, 0.25) is 0 Å². The van der Waals surface area contributed by atoms with Crippen molar-refractivity contribution in [1.82, 2.24) is 0 Å². The van der Waals surface area contributed by atoms with Crippen LogP contribution in [0.25, 0.3) is 10.1 Å². The Kier molecular flexibility index (Phi) is 2.33. The molecule has 0 saturated carbocycles. The lowest BCUT2D eigenvalue weighted by Crippen LogP contribution is -1.90. The highest BCUT2D eigenvalue weighted by molar-refractivity contribution is 7.23. The molecule has 0 saturated heterocycles. The highest BCUT2D eigenvalue weighted by atomic mass is 32.1. The van der Waals surface area contributed by atoms with Gasteiger partial charge in [0.05, 0.1) is 16.3 Å². The summed E-state index contributed by atoms with van der Waals surface area (Å²) in [6.45, 7) is 4.72. The van der Waals surface area contributed by atoms with E-state index in [2.05, 4.69) is 6.07 Å². The lowest BCUT2D eigenvalue weighted by atomic mass is 10.2. The van der Waals surface area contributed by atoms with Crippen molar-refractivity contribution in [1.29, 1.82) is 0 Å². The van der Waals surface area contributed by atoms with Crippen LogP contribution in [0.5, 0.6) is 5.75 Å². The van der Waals surface area contributed by atoms with E-state index in [1.165, 1.54) is 5.39 Å². The second-order valence-corrected chi connectivity index (χ2v) is 4.21. The van der Waals surface area contributed by atoms with Crippen molar-refractivity contribution in [3.8, 4) is 5.75 Å². The SMILES string of the molecule is CCOc1cccc2c(C)c(N)sc12. The Hall–Kier alpha value is -1.22. The van der Waals surface area contributed by atoms with Crippen molar-refractivity contribution in [2.45, 2.75) is 13.8 Å². The molecule has 1 heterocycles. The molecule has 0 spiro atoms. The maximum Gasteiger partial charge on any atom is 0.137 e. The third-order valence-corrected chi connectivity index (χ3v) is 3.42. The van der Waals surface area contributed by atoms with Gasteiger partial charge < -0.3 is 10.5 Å². The zero-order valence-electron chi connectivity index (χ0n) is 8.33. The number of rotatable bonds is 2. The van der Waals surface area contributed by atoms with Gasteiger partial charge in [0, 0.05) is 5.39 Å². The number of anilines is 1. The van der Waals surface area contributed by atoms with Gasteiger partial charge >= 0.3 is 0 Å². The molecule has 74 valence electrons. The van der Waals surface area contributed by atoms with Crippen molar-refractivity contribution in [2.75, 3.05) is 12.3 Å². The van der Waals surface area contributed by atoms with Gasteiger partial charge in [0.15, 0.2) is 0 Å². The average molecular weight is 207 g/mol. The molecule has 0 atom stereocenters. The van der Waals surface area contributed by atoms with E-state index in [1.54, 1.807) is 11.3 Å². The molecule has 0 amide bonds. The van der Waals surface area contributed by atoms with Crippen LogP contribution in [0.3, 0.4) is 0 Å². The lowest BCUT2D eigenvalue weighted by molar-refractivity contribution is 0.345. The predicted octanol–water partition coefficient (Wildman–Crippen LogP) is 3.19. The first-order valence-electron chi connectivity index (χ1n) is 4.64. The number of benzene rings is 1. The minimum absolute atomic E-state index is 0.690. The van der Waals surface area contributed by atoms with Crippen LogP contribution < -0.4 is 10.5 Å². The van der Waals surface area contributed by atoms with E-state index >= 15 is 0 Å². The Labute approximate surface area is 87.3 Å². The fourth-order valence-corrected chi connectivity index (χ4v) is 2.55. The Balaban J connectivity index is 2.68. The molecule has 3 heteroatoms. The van der Waals surface area contributed by atoms with Crippen molar-refractivity contribution in [3.63, 3.8) is 0 Å². The average Bonchev–Trinajstić information content (AvgIpc) is 2.46. The van der Waals surface area contributed by atoms with Gasteiger partial charge in [-0.15, -0.1) is 11.3 Å². The smallest absolute Gasteiger partial charge is 0.137 e. The summed E-state index contributed by atoms with van der Waals surface area (Å²) in [5.74, 6) is 0.940. The first-order valence-corrected chi connectivity index (χ1v) is 5.46. The quantitative estimate of drug-likeness (QED) is 0.820. The number of ether oxygens (including phenoxy) is 1. The number of fused-ring (bicyclic) bond motifs is 1. The molecule has 0 radical (unpaired) electrons. The largest absolute Gasteiger partial charge is 0.492 e. The summed E-state index contributed by atoms with van der Waals surface area (Å²) in [4.78, 5) is 0. The molecule has 14 heavy (non-hydrogen) atoms. The predicted molar refractivity (Wildman–Crippen MR) is 62.1 cm³/mol. The van der Waals surface area contributed by atoms with Crippen LogP contribution >= 0.6 is 11.3 Å². The fraction of sp³-hybridized carbons (Fsp3) is 0.273. The van der Waals surface area contributed by atoms with Gasteiger partial charge in [-0.3, -0.25) is 0 Å². The molecule has 2 aromatic rings. The summed E-state index contributed by atoms with van der Waals surface area (Å²) in [5, 5.41) is 2.09. The van der Waals surface area contributed by atoms with Crippen molar-refractivity contribution in [3.05, 3.63) is 23.8 Å². The number of thiophene rings is 1. The molecule has 2 nitrogen and oxygen atoms in total. The van der Waals surface area contributed by atoms with Gasteiger partial charge in [-0.25, -0.2) is 0 Å². The molecule has 0 aliphatic rings. The zero-order valence-corrected chi connectivity index (χ0v) is 9.15. The van der Waals surface area contributed by atoms with Gasteiger partial charge in [-0.2, -0.15) is 0 Å². The molecule has 2 rings (SSSR count). The lowest BCUT2D eigenvalue weighted by Gasteiger charge is -2.03. The van der Waals surface area contributed by atoms with Crippen LogP contribution in [-0.4, -0.2) is 6.61 Å². The molecule has 0 aliphatic carbocycles. The number of hydrogen-bond donors (Lipinski definition) is 1. The normalized spacial score (nSPS) is 10.7. The van der Waals surface area contributed by atoms with E-state index in [9.17, 15) is 0 Å². The summed E-state index contributed by atoms with van der Waals surface area (Å²) in [5.41, 5.74) is 7.04. The van der Waals surface area contributed by atoms with Crippen LogP contribution in [0.15, 0.2) is 18.2 Å². The molecule has 1 aromatic heterocycles. The first kappa shape index (κ1) is 9.34. The van der Waals surface area contributed by atoms with Crippen molar-refractivity contribution < 1.29 is 4.74 Å². The third-order valence-electron chi connectivity index (χ3n) is 2.26. The fourth-order valence-electron chi connectivity index (χ4n) is 1.50. The first-order chi connectivity index (χ1) is 6.74. The summed E-state index contributed by atoms with van der Waals surface area (Å²) >= 11 is 1.60. The van der Waals surface area contributed by atoms with Gasteiger partial charge in [-0.1, -0.05) is 12.1 Å². The van der Waals surface area contributed by atoms with Crippen LogP contribution in [0.4, 0.5) is 5.00 Å². The molecule has 0 bridgehead atoms. The number of nitrogen functional groups attached to an aromatic ring is 1. The Morgan fingerprint density at radius 3 is 2.93 bits per heavy atom. The number of hydrogen-bond acceptors (Lipinski definition) is 3. The Morgan fingerprint density at radius 1 is 1.43 bits per heavy atom. The van der Waals surface area contributed by atoms with Gasteiger partial charge in [0.1, 0.15) is 5.75 Å². The van der Waals surface area contributed by atoms with Crippen LogP contribution in [0, 0.1) is 6.92 Å². The maximum atomic E-state index is 5.88. The van der Waals surface area contributed by atoms with Crippen LogP contribution in [0.1, 0.15) is 12.5 Å². The van der Waals surface area contributed by atoms with Crippen molar-refractivity contribution >= 4 is 26.4 Å². The summed E-state index contributed by atoms with van der Waals surface area (Å²) in [6, 6.07) is 6.08. The Morgan fingerprint density at radius 2 is 2.21 bits per heavy atom. The molecule has 2 N–H and O–H groups in total. The van der Waals surface area contributed by atoms with E-state index in [4.69, 9.17) is 10.5 Å². The van der Waals surface area contributed by atoms with E-state index in [0.29, 0.717) is 6.61 Å². The summed E-state index contributed by atoms with van der Waals surface area (Å²) in [6.07, 6.45) is 0. The topological polar surface area (TPSA) is 35.2 Å². The van der Waals surface area contributed by atoms with Crippen LogP contribution in [-0.2, 0) is 0 Å². The van der Waals surface area contributed by atoms with Gasteiger partial charge in [0.25, 0.3) is 0 Å². The Bertz CT molecular complexity index is 462. The second kappa shape index (κ2) is 3.50. The van der Waals surface area contributed by atoms with Gasteiger partial charge in [0.2, 0.25) is 0 Å². The second-order valence-electron chi connectivity index (χ2n) is 3.16. The number of aryl methyl sites for hydroxylation is 1. The van der Waals surface area contributed by atoms with E-state index in [-0.39, 0.29) is 0 Å². The monoisotopic (exact) mass is 207 g/mol. The standard InChI is InChI=1S/C11H13NOS/c1-3-13-9-6-4-5-8-7(2)11(12)14-10(8)9/h4-6H,3,12H2,1-2H3. The molecular formula is C11H13NOS. The molecule has 1 aromatic carbocycles. The van der Waals surface area contributed by atoms with Gasteiger partial charge in [-0.05, 0) is 25.5 Å². The summed E-state index contributed by atoms with van der Waals surface area (Å²) < 4.78 is 6.70. The summed E-state index contributed by atoms with van der Waals surface area (Å²) in [7, 11) is 0. The maximum absolute atomic E-state index is 5.88. The molecule has 0 aliphatic heterocycles. The highest BCUT2D eigenvalue weighted by Crippen LogP contribution is 2.38. The zero-order chi connectivity index (χ0) is 10.1. The minimum atomic E-state index is 0.690. The molecule has 0 unspecified atom stereocenters. The van der Waals surface area contributed by atoms with E-state index in [0.717, 1.165) is 21.0 Å². The highest BCUT2D eigenvalue weighted by Gasteiger charge is 2.09. The number of nitrogens with two attached hydrogens (primary N) is 1. The third kappa shape index (κ3) is 1.34. The minimum Gasteiger partial charge on any atom is -0.492 e. The molecular weight excluding hydrogens is 194 g/mol. The van der Waals surface area contributed by atoms with E-state index in [1.807, 2.05) is 26.0 Å². The van der Waals surface area contributed by atoms with E-state index < -0.39 is 0 Å². The van der Waals surface area contributed by atoms with Crippen molar-refractivity contribution in [2.24, 2.45) is 0 Å². The molecule has 0 fully saturated rings.